The highest BCUT2D eigenvalue weighted by molar-refractivity contribution is 5.85. The van der Waals surface area contributed by atoms with E-state index in [1.807, 2.05) is 12.1 Å². The molecule has 0 aliphatic carbocycles. The maximum Gasteiger partial charge on any atom is 0.0576 e. The van der Waals surface area contributed by atoms with Crippen molar-refractivity contribution in [2.24, 2.45) is 0 Å². The van der Waals surface area contributed by atoms with Crippen LogP contribution in [0, 0.1) is 0 Å². The Morgan fingerprint density at radius 3 is 1.67 bits per heavy atom. The minimum absolute atomic E-state index is 0. The third-order valence-electron chi connectivity index (χ3n) is 1.68. The van der Waals surface area contributed by atoms with Crippen LogP contribution in [0.25, 0.3) is 0 Å². The Morgan fingerprint density at radius 2 is 1.25 bits per heavy atom. The molecule has 2 rings (SSSR count). The molecule has 1 heterocycles. The van der Waals surface area contributed by atoms with Gasteiger partial charge in [0.1, 0.15) is 0 Å². The highest BCUT2D eigenvalue weighted by Gasteiger charge is 2.03. The van der Waals surface area contributed by atoms with Crippen molar-refractivity contribution in [3.05, 3.63) is 24.3 Å². The normalized spacial score (nSPS) is 12.3. The molecule has 0 saturated carbocycles. The summed E-state index contributed by atoms with van der Waals surface area (Å²) in [5.41, 5.74) is 2.43. The molecule has 0 fully saturated rings. The number of nitrogens with one attached hydrogen (secondary N) is 2. The number of anilines is 2. The quantitative estimate of drug-likeness (QED) is 0.682. The molecule has 0 unspecified atom stereocenters. The van der Waals surface area contributed by atoms with Gasteiger partial charge >= 0.3 is 0 Å². The summed E-state index contributed by atoms with van der Waals surface area (Å²) in [7, 11) is 0. The van der Waals surface area contributed by atoms with Crippen molar-refractivity contribution in [2.45, 2.75) is 0 Å². The van der Waals surface area contributed by atoms with Gasteiger partial charge in [-0.2, -0.15) is 0 Å². The van der Waals surface area contributed by atoms with E-state index in [9.17, 15) is 0 Å². The van der Waals surface area contributed by atoms with Crippen LogP contribution in [0.2, 0.25) is 0 Å². The van der Waals surface area contributed by atoms with E-state index < -0.39 is 0 Å². The summed E-state index contributed by atoms with van der Waals surface area (Å²) < 4.78 is 0. The molecule has 0 radical (unpaired) electrons. The molecule has 1 aromatic carbocycles. The SMILES string of the molecule is Cl.Cl.c1ccc2c(c1)NCCN2. The molecule has 1 aliphatic rings. The van der Waals surface area contributed by atoms with Gasteiger partial charge < -0.3 is 10.6 Å². The molecule has 0 aromatic heterocycles. The van der Waals surface area contributed by atoms with Gasteiger partial charge in [0.15, 0.2) is 0 Å². The Labute approximate surface area is 84.6 Å². The smallest absolute Gasteiger partial charge is 0.0576 e. The number of para-hydroxylation sites is 2. The van der Waals surface area contributed by atoms with Crippen molar-refractivity contribution in [1.82, 2.24) is 0 Å². The molecule has 0 bridgehead atoms. The van der Waals surface area contributed by atoms with Crippen molar-refractivity contribution < 1.29 is 0 Å². The monoisotopic (exact) mass is 206 g/mol. The molecular weight excluding hydrogens is 195 g/mol. The maximum absolute atomic E-state index is 3.30. The molecule has 0 atom stereocenters. The second-order valence-electron chi connectivity index (χ2n) is 2.40. The van der Waals surface area contributed by atoms with Crippen molar-refractivity contribution >= 4 is 36.2 Å². The third kappa shape index (κ3) is 2.19. The molecule has 2 nitrogen and oxygen atoms in total. The fraction of sp³-hybridized carbons (Fsp3) is 0.250. The number of benzene rings is 1. The van der Waals surface area contributed by atoms with Gasteiger partial charge in [0.25, 0.3) is 0 Å². The first-order chi connectivity index (χ1) is 4.97. The highest BCUT2D eigenvalue weighted by atomic mass is 35.5. The minimum Gasteiger partial charge on any atom is -0.382 e. The Hall–Kier alpha value is -0.600. The molecule has 0 spiro atoms. The fourth-order valence-electron chi connectivity index (χ4n) is 1.19. The zero-order chi connectivity index (χ0) is 6.81. The van der Waals surface area contributed by atoms with E-state index >= 15 is 0 Å². The molecule has 1 aromatic rings. The summed E-state index contributed by atoms with van der Waals surface area (Å²) in [6.07, 6.45) is 0. The molecule has 1 aliphatic heterocycles. The van der Waals surface area contributed by atoms with E-state index in [1.165, 1.54) is 11.4 Å². The zero-order valence-electron chi connectivity index (χ0n) is 6.54. The van der Waals surface area contributed by atoms with Crippen molar-refractivity contribution in [3.63, 3.8) is 0 Å². The van der Waals surface area contributed by atoms with Gasteiger partial charge in [0.05, 0.1) is 11.4 Å². The number of halogens is 2. The van der Waals surface area contributed by atoms with Crippen LogP contribution in [0.15, 0.2) is 24.3 Å². The van der Waals surface area contributed by atoms with E-state index in [2.05, 4.69) is 22.8 Å². The minimum atomic E-state index is 0. The predicted octanol–water partition coefficient (Wildman–Crippen LogP) is 2.37. The lowest BCUT2D eigenvalue weighted by atomic mass is 10.2. The molecule has 4 heteroatoms. The maximum atomic E-state index is 3.30. The van der Waals surface area contributed by atoms with E-state index in [4.69, 9.17) is 0 Å². The first-order valence-corrected chi connectivity index (χ1v) is 3.53. The van der Waals surface area contributed by atoms with Crippen LogP contribution < -0.4 is 10.6 Å². The molecular formula is C8H12Cl2N2. The lowest BCUT2D eigenvalue weighted by molar-refractivity contribution is 1.05. The zero-order valence-corrected chi connectivity index (χ0v) is 8.17. The van der Waals surface area contributed by atoms with E-state index in [0.29, 0.717) is 0 Å². The Bertz CT molecular complexity index is 215. The number of hydrogen-bond acceptors (Lipinski definition) is 2. The molecule has 0 saturated heterocycles. The summed E-state index contributed by atoms with van der Waals surface area (Å²) in [5, 5.41) is 6.60. The van der Waals surface area contributed by atoms with Gasteiger partial charge in [-0.1, -0.05) is 12.1 Å². The van der Waals surface area contributed by atoms with Crippen LogP contribution in [-0.4, -0.2) is 13.1 Å². The van der Waals surface area contributed by atoms with Crippen LogP contribution in [0.3, 0.4) is 0 Å². The summed E-state index contributed by atoms with van der Waals surface area (Å²) in [4.78, 5) is 0. The van der Waals surface area contributed by atoms with Gasteiger partial charge in [-0.3, -0.25) is 0 Å². The third-order valence-corrected chi connectivity index (χ3v) is 1.68. The van der Waals surface area contributed by atoms with E-state index in [1.54, 1.807) is 0 Å². The fourth-order valence-corrected chi connectivity index (χ4v) is 1.19. The molecule has 68 valence electrons. The first-order valence-electron chi connectivity index (χ1n) is 3.53. The van der Waals surface area contributed by atoms with E-state index in [-0.39, 0.29) is 24.8 Å². The predicted molar refractivity (Wildman–Crippen MR) is 57.9 cm³/mol. The topological polar surface area (TPSA) is 24.1 Å². The van der Waals surface area contributed by atoms with E-state index in [0.717, 1.165) is 13.1 Å². The molecule has 2 N–H and O–H groups in total. The summed E-state index contributed by atoms with van der Waals surface area (Å²) in [6, 6.07) is 8.25. The van der Waals surface area contributed by atoms with Crippen LogP contribution in [0.1, 0.15) is 0 Å². The van der Waals surface area contributed by atoms with Crippen LogP contribution in [-0.2, 0) is 0 Å². The van der Waals surface area contributed by atoms with Crippen LogP contribution in [0.5, 0.6) is 0 Å². The van der Waals surface area contributed by atoms with Crippen molar-refractivity contribution in [3.8, 4) is 0 Å². The van der Waals surface area contributed by atoms with Gasteiger partial charge in [0.2, 0.25) is 0 Å². The number of rotatable bonds is 0. The standard InChI is InChI=1S/C8H10N2.2ClH/c1-2-4-8-7(3-1)9-5-6-10-8;;/h1-4,9-10H,5-6H2;2*1H. The lowest BCUT2D eigenvalue weighted by Crippen LogP contribution is -2.19. The average molecular weight is 207 g/mol. The van der Waals surface area contributed by atoms with Gasteiger partial charge in [-0.05, 0) is 12.1 Å². The Morgan fingerprint density at radius 1 is 0.833 bits per heavy atom. The summed E-state index contributed by atoms with van der Waals surface area (Å²) in [6.45, 7) is 2.05. The Kier molecular flexibility index (Phi) is 4.86. The highest BCUT2D eigenvalue weighted by Crippen LogP contribution is 2.22. The number of fused-ring (bicyclic) bond motifs is 1. The summed E-state index contributed by atoms with van der Waals surface area (Å²) >= 11 is 0. The summed E-state index contributed by atoms with van der Waals surface area (Å²) in [5.74, 6) is 0. The van der Waals surface area contributed by atoms with Gasteiger partial charge in [0, 0.05) is 13.1 Å². The molecule has 0 amide bonds. The second kappa shape index (κ2) is 5.12. The first kappa shape index (κ1) is 11.4. The number of hydrogen-bond donors (Lipinski definition) is 2. The largest absolute Gasteiger partial charge is 0.382 e. The van der Waals surface area contributed by atoms with Crippen molar-refractivity contribution in [2.75, 3.05) is 23.7 Å². The van der Waals surface area contributed by atoms with Gasteiger partial charge in [-0.25, -0.2) is 0 Å². The van der Waals surface area contributed by atoms with Crippen molar-refractivity contribution in [1.29, 1.82) is 0 Å². The van der Waals surface area contributed by atoms with Crippen LogP contribution >= 0.6 is 24.8 Å². The van der Waals surface area contributed by atoms with Gasteiger partial charge in [-0.15, -0.1) is 24.8 Å². The van der Waals surface area contributed by atoms with Crippen LogP contribution in [0.4, 0.5) is 11.4 Å². The molecule has 12 heavy (non-hydrogen) atoms. The second-order valence-corrected chi connectivity index (χ2v) is 2.40. The Balaban J connectivity index is 0.000000605. The average Bonchev–Trinajstić information content (AvgIpc) is 2.05. The lowest BCUT2D eigenvalue weighted by Gasteiger charge is -2.18.